The van der Waals surface area contributed by atoms with Crippen molar-refractivity contribution in [2.75, 3.05) is 25.0 Å². The molecule has 2 aromatic carbocycles. The number of anilines is 1. The quantitative estimate of drug-likeness (QED) is 0.893. The average Bonchev–Trinajstić information content (AvgIpc) is 2.62. The van der Waals surface area contributed by atoms with E-state index in [9.17, 15) is 13.2 Å². The lowest BCUT2D eigenvalue weighted by atomic mass is 10.1. The van der Waals surface area contributed by atoms with Crippen molar-refractivity contribution in [2.45, 2.75) is 24.8 Å². The van der Waals surface area contributed by atoms with Crippen LogP contribution in [0.5, 0.6) is 0 Å². The van der Waals surface area contributed by atoms with Crippen molar-refractivity contribution in [3.63, 3.8) is 0 Å². The van der Waals surface area contributed by atoms with Crippen molar-refractivity contribution >= 4 is 21.6 Å². The molecule has 0 bridgehead atoms. The number of carbonyl (C=O) groups is 1. The van der Waals surface area contributed by atoms with Gasteiger partial charge in [0, 0.05) is 25.7 Å². The number of carbonyl (C=O) groups excluding carboxylic acids is 1. The van der Waals surface area contributed by atoms with Gasteiger partial charge in [-0.3, -0.25) is 4.79 Å². The number of nitrogens with one attached hydrogen (secondary N) is 1. The minimum atomic E-state index is -3.62. The topological polar surface area (TPSA) is 75.7 Å². The molecule has 1 aliphatic heterocycles. The van der Waals surface area contributed by atoms with E-state index in [1.54, 1.807) is 12.1 Å². The highest BCUT2D eigenvalue weighted by atomic mass is 32.2. The summed E-state index contributed by atoms with van der Waals surface area (Å²) in [5, 5.41) is 2.63. The molecule has 1 heterocycles. The lowest BCUT2D eigenvalue weighted by Gasteiger charge is -2.32. The summed E-state index contributed by atoms with van der Waals surface area (Å²) in [6.45, 7) is 4.36. The number of sulfonamides is 1. The van der Waals surface area contributed by atoms with E-state index in [2.05, 4.69) is 5.32 Å². The number of rotatable bonds is 4. The largest absolute Gasteiger partial charge is 0.371 e. The van der Waals surface area contributed by atoms with E-state index < -0.39 is 10.0 Å². The van der Waals surface area contributed by atoms with E-state index in [4.69, 9.17) is 4.74 Å². The van der Waals surface area contributed by atoms with Gasteiger partial charge in [0.25, 0.3) is 0 Å². The first kappa shape index (κ1) is 18.6. The molecule has 1 atom stereocenters. The second kappa shape index (κ2) is 7.57. The van der Waals surface area contributed by atoms with Crippen molar-refractivity contribution in [3.8, 4) is 0 Å². The van der Waals surface area contributed by atoms with Gasteiger partial charge in [0.2, 0.25) is 15.9 Å². The zero-order valence-corrected chi connectivity index (χ0v) is 15.6. The van der Waals surface area contributed by atoms with Crippen molar-refractivity contribution in [1.82, 2.24) is 4.31 Å². The zero-order valence-electron chi connectivity index (χ0n) is 14.8. The van der Waals surface area contributed by atoms with Crippen LogP contribution in [0, 0.1) is 6.92 Å². The van der Waals surface area contributed by atoms with E-state index in [1.165, 1.54) is 23.4 Å². The van der Waals surface area contributed by atoms with Gasteiger partial charge in [-0.25, -0.2) is 8.42 Å². The molecule has 1 unspecified atom stereocenters. The maximum absolute atomic E-state index is 12.9. The van der Waals surface area contributed by atoms with E-state index in [-0.39, 0.29) is 23.5 Å². The number of benzene rings is 2. The normalized spacial score (nSPS) is 18.5. The molecule has 1 aliphatic rings. The summed E-state index contributed by atoms with van der Waals surface area (Å²) in [6, 6.07) is 14.1. The van der Waals surface area contributed by atoms with Crippen LogP contribution in [0.25, 0.3) is 0 Å². The van der Waals surface area contributed by atoms with E-state index in [1.807, 2.05) is 31.2 Å². The number of hydrogen-bond acceptors (Lipinski definition) is 4. The van der Waals surface area contributed by atoms with Crippen LogP contribution in [0.3, 0.4) is 0 Å². The zero-order chi connectivity index (χ0) is 18.7. The number of hydrogen-bond donors (Lipinski definition) is 1. The second-order valence-electron chi connectivity index (χ2n) is 6.34. The molecular formula is C19H22N2O4S. The molecule has 0 saturated carbocycles. The maximum Gasteiger partial charge on any atom is 0.243 e. The van der Waals surface area contributed by atoms with Crippen LogP contribution >= 0.6 is 0 Å². The highest BCUT2D eigenvalue weighted by molar-refractivity contribution is 7.89. The van der Waals surface area contributed by atoms with Gasteiger partial charge in [-0.2, -0.15) is 4.31 Å². The smallest absolute Gasteiger partial charge is 0.243 e. The van der Waals surface area contributed by atoms with Gasteiger partial charge in [0.1, 0.15) is 0 Å². The average molecular weight is 374 g/mol. The Labute approximate surface area is 153 Å². The Kier molecular flexibility index (Phi) is 5.41. The molecule has 1 fully saturated rings. The fraction of sp³-hybridized carbons (Fsp3) is 0.316. The number of ether oxygens (including phenoxy) is 1. The first-order chi connectivity index (χ1) is 12.4. The van der Waals surface area contributed by atoms with Crippen LogP contribution in [-0.2, 0) is 19.6 Å². The lowest BCUT2D eigenvalue weighted by Crippen LogP contribution is -2.42. The third kappa shape index (κ3) is 4.12. The third-order valence-corrected chi connectivity index (χ3v) is 6.17. The van der Waals surface area contributed by atoms with Gasteiger partial charge in [-0.05, 0) is 36.8 Å². The molecule has 0 radical (unpaired) electrons. The van der Waals surface area contributed by atoms with Crippen molar-refractivity contribution in [3.05, 3.63) is 59.7 Å². The van der Waals surface area contributed by atoms with Crippen LogP contribution in [-0.4, -0.2) is 38.3 Å². The van der Waals surface area contributed by atoms with Crippen LogP contribution in [0.4, 0.5) is 5.69 Å². The van der Waals surface area contributed by atoms with Gasteiger partial charge in [0.05, 0.1) is 17.6 Å². The monoisotopic (exact) mass is 374 g/mol. The minimum absolute atomic E-state index is 0.199. The van der Waals surface area contributed by atoms with Gasteiger partial charge in [-0.15, -0.1) is 0 Å². The van der Waals surface area contributed by atoms with Crippen LogP contribution in [0.15, 0.2) is 53.4 Å². The fourth-order valence-corrected chi connectivity index (χ4v) is 4.31. The third-order valence-electron chi connectivity index (χ3n) is 4.29. The Morgan fingerprint density at radius 2 is 1.77 bits per heavy atom. The Morgan fingerprint density at radius 1 is 1.12 bits per heavy atom. The lowest BCUT2D eigenvalue weighted by molar-refractivity contribution is -0.114. The molecule has 1 saturated heterocycles. The fourth-order valence-electron chi connectivity index (χ4n) is 2.89. The molecule has 1 amide bonds. The summed E-state index contributed by atoms with van der Waals surface area (Å²) < 4.78 is 33.1. The van der Waals surface area contributed by atoms with Crippen molar-refractivity contribution in [1.29, 1.82) is 0 Å². The Hall–Kier alpha value is -2.22. The predicted octanol–water partition coefficient (Wildman–Crippen LogP) is 2.72. The van der Waals surface area contributed by atoms with Gasteiger partial charge in [0.15, 0.2) is 0 Å². The SMILES string of the molecule is CC(=O)Nc1ccc(S(=O)(=O)N2CCOC(c3ccc(C)cc3)C2)cc1. The van der Waals surface area contributed by atoms with Gasteiger partial charge in [-0.1, -0.05) is 29.8 Å². The van der Waals surface area contributed by atoms with E-state index in [0.29, 0.717) is 18.8 Å². The molecule has 2 aromatic rings. The predicted molar refractivity (Wildman–Crippen MR) is 99.4 cm³/mol. The summed E-state index contributed by atoms with van der Waals surface area (Å²) in [4.78, 5) is 11.3. The Bertz CT molecular complexity index is 877. The highest BCUT2D eigenvalue weighted by Crippen LogP contribution is 2.27. The summed E-state index contributed by atoms with van der Waals surface area (Å²) in [6.07, 6.45) is -0.280. The molecule has 0 spiro atoms. The first-order valence-corrected chi connectivity index (χ1v) is 9.86. The van der Waals surface area contributed by atoms with Crippen LogP contribution < -0.4 is 5.32 Å². The van der Waals surface area contributed by atoms with Crippen LogP contribution in [0.2, 0.25) is 0 Å². The molecule has 0 aromatic heterocycles. The Morgan fingerprint density at radius 3 is 2.38 bits per heavy atom. The number of aryl methyl sites for hydroxylation is 1. The van der Waals surface area contributed by atoms with E-state index in [0.717, 1.165) is 11.1 Å². The molecular weight excluding hydrogens is 352 g/mol. The van der Waals surface area contributed by atoms with Crippen molar-refractivity contribution < 1.29 is 17.9 Å². The summed E-state index contributed by atoms with van der Waals surface area (Å²) in [5.41, 5.74) is 2.68. The molecule has 6 nitrogen and oxygen atoms in total. The number of morpholine rings is 1. The maximum atomic E-state index is 12.9. The molecule has 1 N–H and O–H groups in total. The summed E-state index contributed by atoms with van der Waals surface area (Å²) in [5.74, 6) is -0.199. The van der Waals surface area contributed by atoms with Crippen molar-refractivity contribution in [2.24, 2.45) is 0 Å². The molecule has 3 rings (SSSR count). The first-order valence-electron chi connectivity index (χ1n) is 8.42. The number of amides is 1. The van der Waals surface area contributed by atoms with Crippen LogP contribution in [0.1, 0.15) is 24.2 Å². The standard InChI is InChI=1S/C19H22N2O4S/c1-14-3-5-16(6-4-14)19-13-21(11-12-25-19)26(23,24)18-9-7-17(8-10-18)20-15(2)22/h3-10,19H,11-13H2,1-2H3,(H,20,22). The summed E-state index contributed by atoms with van der Waals surface area (Å²) in [7, 11) is -3.62. The van der Waals surface area contributed by atoms with E-state index >= 15 is 0 Å². The summed E-state index contributed by atoms with van der Waals surface area (Å²) >= 11 is 0. The Balaban J connectivity index is 1.78. The molecule has 138 valence electrons. The van der Waals surface area contributed by atoms with Gasteiger partial charge < -0.3 is 10.1 Å². The molecule has 7 heteroatoms. The molecule has 0 aliphatic carbocycles. The molecule has 26 heavy (non-hydrogen) atoms. The second-order valence-corrected chi connectivity index (χ2v) is 8.28. The minimum Gasteiger partial charge on any atom is -0.371 e. The number of nitrogens with zero attached hydrogens (tertiary/aromatic N) is 1. The van der Waals surface area contributed by atoms with Gasteiger partial charge >= 0.3 is 0 Å². The highest BCUT2D eigenvalue weighted by Gasteiger charge is 2.31.